The van der Waals surface area contributed by atoms with Gasteiger partial charge >= 0.3 is 0 Å². The van der Waals surface area contributed by atoms with Crippen molar-refractivity contribution in [1.82, 2.24) is 5.32 Å². The molecular weight excluding hydrogens is 254 g/mol. The van der Waals surface area contributed by atoms with E-state index in [0.29, 0.717) is 6.54 Å². The van der Waals surface area contributed by atoms with Gasteiger partial charge in [-0.05, 0) is 37.4 Å². The highest BCUT2D eigenvalue weighted by molar-refractivity contribution is 5.94. The lowest BCUT2D eigenvalue weighted by Gasteiger charge is -2.17. The van der Waals surface area contributed by atoms with Crippen LogP contribution in [-0.2, 0) is 9.59 Å². The van der Waals surface area contributed by atoms with Gasteiger partial charge in [0.25, 0.3) is 0 Å². The summed E-state index contributed by atoms with van der Waals surface area (Å²) in [5.74, 6) is -0.0512. The minimum absolute atomic E-state index is 0.00151. The van der Waals surface area contributed by atoms with Crippen molar-refractivity contribution >= 4 is 17.5 Å². The minimum atomic E-state index is -0.216. The molecule has 2 atom stereocenters. The molecule has 2 rings (SSSR count). The zero-order valence-corrected chi connectivity index (χ0v) is 11.5. The molecule has 20 heavy (non-hydrogen) atoms. The number of nitrogens with one attached hydrogen (secondary N) is 2. The molecule has 5 nitrogen and oxygen atoms in total. The molecule has 1 saturated carbocycles. The van der Waals surface area contributed by atoms with Crippen LogP contribution in [0.3, 0.4) is 0 Å². The van der Waals surface area contributed by atoms with Crippen LogP contribution in [0, 0.1) is 11.8 Å². The molecule has 1 aromatic carbocycles. The lowest BCUT2D eigenvalue weighted by atomic mass is 9.95. The van der Waals surface area contributed by atoms with Crippen LogP contribution in [-0.4, -0.2) is 24.9 Å². The second-order valence-electron chi connectivity index (χ2n) is 5.17. The van der Waals surface area contributed by atoms with Crippen molar-refractivity contribution in [2.75, 3.05) is 18.4 Å². The predicted molar refractivity (Wildman–Crippen MR) is 78.0 cm³/mol. The fraction of sp³-hybridized carbons (Fsp3) is 0.467. The summed E-state index contributed by atoms with van der Waals surface area (Å²) in [5.41, 5.74) is 6.39. The van der Waals surface area contributed by atoms with Crippen LogP contribution in [0.1, 0.15) is 19.3 Å². The number of carbonyl (C=O) groups is 2. The van der Waals surface area contributed by atoms with Gasteiger partial charge in [0.1, 0.15) is 0 Å². The molecule has 1 aliphatic rings. The zero-order chi connectivity index (χ0) is 14.4. The maximum absolute atomic E-state index is 12.0. The van der Waals surface area contributed by atoms with Gasteiger partial charge in [-0.15, -0.1) is 0 Å². The Kier molecular flexibility index (Phi) is 5.12. The molecule has 1 aromatic rings. The lowest BCUT2D eigenvalue weighted by Crippen LogP contribution is -2.39. The van der Waals surface area contributed by atoms with E-state index in [1.807, 2.05) is 18.2 Å². The average molecular weight is 275 g/mol. The van der Waals surface area contributed by atoms with Gasteiger partial charge in [-0.2, -0.15) is 0 Å². The molecule has 0 radical (unpaired) electrons. The Morgan fingerprint density at radius 2 is 1.95 bits per heavy atom. The Hall–Kier alpha value is -1.88. The van der Waals surface area contributed by atoms with E-state index >= 15 is 0 Å². The van der Waals surface area contributed by atoms with Crippen LogP contribution in [0.25, 0.3) is 0 Å². The first-order valence-electron chi connectivity index (χ1n) is 7.03. The largest absolute Gasteiger partial charge is 0.347 e. The molecule has 0 aliphatic heterocycles. The second-order valence-corrected chi connectivity index (χ2v) is 5.17. The highest BCUT2D eigenvalue weighted by Gasteiger charge is 2.31. The normalized spacial score (nSPS) is 21.4. The van der Waals surface area contributed by atoms with Crippen molar-refractivity contribution in [3.05, 3.63) is 30.3 Å². The Morgan fingerprint density at radius 3 is 2.65 bits per heavy atom. The number of anilines is 1. The number of carbonyl (C=O) groups excluding carboxylic acids is 2. The fourth-order valence-corrected chi connectivity index (χ4v) is 2.69. The van der Waals surface area contributed by atoms with Gasteiger partial charge in [-0.1, -0.05) is 24.6 Å². The molecule has 0 bridgehead atoms. The molecule has 0 aromatic heterocycles. The Bertz CT molecular complexity index is 461. The monoisotopic (exact) mass is 275 g/mol. The number of rotatable bonds is 5. The van der Waals surface area contributed by atoms with Gasteiger partial charge in [0.05, 0.1) is 6.54 Å². The quantitative estimate of drug-likeness (QED) is 0.752. The van der Waals surface area contributed by atoms with Gasteiger partial charge in [-0.3, -0.25) is 9.59 Å². The van der Waals surface area contributed by atoms with Crippen LogP contribution >= 0.6 is 0 Å². The fourth-order valence-electron chi connectivity index (χ4n) is 2.69. The SMILES string of the molecule is NC[C@H]1CCC[C@H]1C(=O)NCC(=O)Nc1ccccc1. The molecule has 108 valence electrons. The number of nitrogens with two attached hydrogens (primary N) is 1. The summed E-state index contributed by atoms with van der Waals surface area (Å²) in [6.07, 6.45) is 2.91. The molecule has 0 saturated heterocycles. The summed E-state index contributed by atoms with van der Waals surface area (Å²) >= 11 is 0. The van der Waals surface area contributed by atoms with Gasteiger partial charge < -0.3 is 16.4 Å². The van der Waals surface area contributed by atoms with Crippen molar-refractivity contribution in [3.8, 4) is 0 Å². The maximum Gasteiger partial charge on any atom is 0.243 e. The van der Waals surface area contributed by atoms with E-state index in [-0.39, 0.29) is 30.2 Å². The molecule has 2 amide bonds. The van der Waals surface area contributed by atoms with Crippen molar-refractivity contribution in [2.45, 2.75) is 19.3 Å². The first-order valence-corrected chi connectivity index (χ1v) is 7.03. The van der Waals surface area contributed by atoms with Crippen LogP contribution in [0.5, 0.6) is 0 Å². The molecule has 0 unspecified atom stereocenters. The topological polar surface area (TPSA) is 84.2 Å². The van der Waals surface area contributed by atoms with Crippen molar-refractivity contribution in [1.29, 1.82) is 0 Å². The highest BCUT2D eigenvalue weighted by Crippen LogP contribution is 2.30. The van der Waals surface area contributed by atoms with Crippen LogP contribution < -0.4 is 16.4 Å². The third-order valence-corrected chi connectivity index (χ3v) is 3.78. The third-order valence-electron chi connectivity index (χ3n) is 3.78. The van der Waals surface area contributed by atoms with E-state index in [1.54, 1.807) is 12.1 Å². The first-order chi connectivity index (χ1) is 9.70. The Labute approximate surface area is 118 Å². The number of amides is 2. The summed E-state index contributed by atoms with van der Waals surface area (Å²) in [7, 11) is 0. The van der Waals surface area contributed by atoms with Crippen molar-refractivity contribution in [3.63, 3.8) is 0 Å². The third kappa shape index (κ3) is 3.81. The maximum atomic E-state index is 12.0. The summed E-state index contributed by atoms with van der Waals surface area (Å²) in [4.78, 5) is 23.8. The first kappa shape index (κ1) is 14.5. The molecule has 1 aliphatic carbocycles. The standard InChI is InChI=1S/C15H21N3O2/c16-9-11-5-4-8-13(11)15(20)17-10-14(19)18-12-6-2-1-3-7-12/h1-3,6-7,11,13H,4-5,8-10,16H2,(H,17,20)(H,18,19)/t11-,13-/m1/s1. The smallest absolute Gasteiger partial charge is 0.243 e. The summed E-state index contributed by atoms with van der Waals surface area (Å²) in [5, 5.41) is 5.44. The summed E-state index contributed by atoms with van der Waals surface area (Å²) in [6.45, 7) is 0.538. The molecule has 4 N–H and O–H groups in total. The highest BCUT2D eigenvalue weighted by atomic mass is 16.2. The Morgan fingerprint density at radius 1 is 1.20 bits per heavy atom. The molecule has 0 heterocycles. The predicted octanol–water partition coefficient (Wildman–Crippen LogP) is 1.12. The van der Waals surface area contributed by atoms with Gasteiger partial charge in [0.15, 0.2) is 0 Å². The van der Waals surface area contributed by atoms with Crippen molar-refractivity contribution in [2.24, 2.45) is 17.6 Å². The number of hydrogen-bond donors (Lipinski definition) is 3. The number of para-hydroxylation sites is 1. The molecular formula is C15H21N3O2. The minimum Gasteiger partial charge on any atom is -0.347 e. The van der Waals surface area contributed by atoms with E-state index in [2.05, 4.69) is 10.6 Å². The van der Waals surface area contributed by atoms with E-state index in [0.717, 1.165) is 24.9 Å². The summed E-state index contributed by atoms with van der Waals surface area (Å²) in [6, 6.07) is 9.18. The molecule has 0 spiro atoms. The van der Waals surface area contributed by atoms with E-state index in [9.17, 15) is 9.59 Å². The van der Waals surface area contributed by atoms with Crippen LogP contribution in [0.2, 0.25) is 0 Å². The van der Waals surface area contributed by atoms with E-state index in [1.165, 1.54) is 0 Å². The number of benzene rings is 1. The second kappa shape index (κ2) is 7.05. The van der Waals surface area contributed by atoms with Gasteiger partial charge in [0.2, 0.25) is 11.8 Å². The van der Waals surface area contributed by atoms with Crippen LogP contribution in [0.4, 0.5) is 5.69 Å². The lowest BCUT2D eigenvalue weighted by molar-refractivity contribution is -0.128. The number of hydrogen-bond acceptors (Lipinski definition) is 3. The van der Waals surface area contributed by atoms with Crippen molar-refractivity contribution < 1.29 is 9.59 Å². The zero-order valence-electron chi connectivity index (χ0n) is 11.5. The molecule has 1 fully saturated rings. The van der Waals surface area contributed by atoms with Crippen LogP contribution in [0.15, 0.2) is 30.3 Å². The van der Waals surface area contributed by atoms with Gasteiger partial charge in [0, 0.05) is 11.6 Å². The van der Waals surface area contributed by atoms with E-state index in [4.69, 9.17) is 5.73 Å². The van der Waals surface area contributed by atoms with E-state index < -0.39 is 0 Å². The molecule has 5 heteroatoms. The van der Waals surface area contributed by atoms with Gasteiger partial charge in [-0.25, -0.2) is 0 Å². The summed E-state index contributed by atoms with van der Waals surface area (Å²) < 4.78 is 0. The average Bonchev–Trinajstić information content (AvgIpc) is 2.94. The Balaban J connectivity index is 1.77.